The van der Waals surface area contributed by atoms with Gasteiger partial charge in [-0.05, 0) is 0 Å². The Morgan fingerprint density at radius 1 is 0.886 bits per heavy atom. The van der Waals surface area contributed by atoms with Gasteiger partial charge in [0.05, 0.1) is 0 Å². The van der Waals surface area contributed by atoms with Gasteiger partial charge < -0.3 is 0 Å². The standard InChI is InChI=1S/C36H30N4O3Se/c1-42-35(41)26-17-18-32-31(22-26)38-34(29-15-8-16-30-33(29)44-36(39-30)37-23-27-14-9-21-43-27)40(32)20-19-28(24-10-4-2-5-11-24)25-12-6-3-7-13-25/h2-18,21-22,28H,19-20,23H2,1H3,(H,37,39). The van der Waals surface area contributed by atoms with Crippen LogP contribution in [0.2, 0.25) is 0 Å². The van der Waals surface area contributed by atoms with Gasteiger partial charge >= 0.3 is 262 Å². The minimum absolute atomic E-state index is 0.0325. The van der Waals surface area contributed by atoms with E-state index in [1.54, 1.807) is 6.26 Å². The monoisotopic (exact) mass is 646 g/mol. The summed E-state index contributed by atoms with van der Waals surface area (Å²) in [4.78, 5) is 22.5. The first-order valence-corrected chi connectivity index (χ1v) is 16.2. The van der Waals surface area contributed by atoms with Crippen LogP contribution in [0.1, 0.15) is 39.6 Å². The van der Waals surface area contributed by atoms with Crippen molar-refractivity contribution in [3.05, 3.63) is 138 Å². The molecule has 7 aromatic rings. The van der Waals surface area contributed by atoms with E-state index in [1.165, 1.54) is 22.5 Å². The Labute approximate surface area is 260 Å². The van der Waals surface area contributed by atoms with Crippen LogP contribution in [0.5, 0.6) is 0 Å². The molecule has 0 aliphatic heterocycles. The summed E-state index contributed by atoms with van der Waals surface area (Å²) in [5, 5.41) is 3.46. The molecular formula is C36H30N4O3Se. The fourth-order valence-electron chi connectivity index (χ4n) is 5.74. The molecular weight excluding hydrogens is 615 g/mol. The number of carbonyl (C=O) groups excluding carboxylic acids is 1. The maximum absolute atomic E-state index is 12.4. The normalized spacial score (nSPS) is 11.4. The van der Waals surface area contributed by atoms with E-state index in [0.717, 1.165) is 51.4 Å². The molecule has 0 saturated heterocycles. The van der Waals surface area contributed by atoms with Crippen molar-refractivity contribution in [1.29, 1.82) is 0 Å². The Morgan fingerprint density at radius 2 is 1.66 bits per heavy atom. The number of nitrogens with zero attached hydrogens (tertiary/aromatic N) is 3. The summed E-state index contributed by atoms with van der Waals surface area (Å²) < 4.78 is 15.0. The molecule has 0 aliphatic rings. The van der Waals surface area contributed by atoms with Crippen LogP contribution in [0.25, 0.3) is 32.2 Å². The molecule has 0 spiro atoms. The molecule has 3 aromatic heterocycles. The number of hydrogen-bond donors (Lipinski definition) is 1. The van der Waals surface area contributed by atoms with Gasteiger partial charge in [0, 0.05) is 0 Å². The Balaban J connectivity index is 1.31. The molecule has 218 valence electrons. The number of aromatic nitrogens is 3. The summed E-state index contributed by atoms with van der Waals surface area (Å²) in [7, 11) is 1.40. The number of rotatable bonds is 10. The quantitative estimate of drug-likeness (QED) is 0.122. The summed E-state index contributed by atoms with van der Waals surface area (Å²) in [6.07, 6.45) is 2.56. The third kappa shape index (κ3) is 5.57. The van der Waals surface area contributed by atoms with Crippen LogP contribution in [0.4, 0.5) is 4.69 Å². The number of nitrogens with one attached hydrogen (secondary N) is 1. The van der Waals surface area contributed by atoms with Crippen molar-refractivity contribution in [2.24, 2.45) is 0 Å². The topological polar surface area (TPSA) is 82.2 Å². The van der Waals surface area contributed by atoms with E-state index in [4.69, 9.17) is 19.1 Å². The maximum atomic E-state index is 12.4. The fraction of sp³-hybridized carbons (Fsp3) is 0.139. The van der Waals surface area contributed by atoms with Gasteiger partial charge in [-0.3, -0.25) is 0 Å². The Bertz CT molecular complexity index is 1990. The van der Waals surface area contributed by atoms with Gasteiger partial charge in [-0.2, -0.15) is 0 Å². The van der Waals surface area contributed by atoms with Gasteiger partial charge in [0.15, 0.2) is 0 Å². The second-order valence-electron chi connectivity index (χ2n) is 10.6. The SMILES string of the molecule is COC(=O)c1ccc2c(c1)nc(-c1cccc3nc(NCc4ccco4)[se]c13)n2CCC(c1ccccc1)c1ccccc1. The van der Waals surface area contributed by atoms with Gasteiger partial charge in [-0.15, -0.1) is 0 Å². The zero-order valence-electron chi connectivity index (χ0n) is 24.1. The van der Waals surface area contributed by atoms with Crippen molar-refractivity contribution in [2.75, 3.05) is 12.4 Å². The third-order valence-electron chi connectivity index (χ3n) is 7.86. The predicted molar refractivity (Wildman–Crippen MR) is 174 cm³/mol. The van der Waals surface area contributed by atoms with E-state index < -0.39 is 0 Å². The number of methoxy groups -OCH3 is 1. The molecule has 1 N–H and O–H groups in total. The zero-order chi connectivity index (χ0) is 29.9. The number of furan rings is 1. The van der Waals surface area contributed by atoms with E-state index in [9.17, 15) is 4.79 Å². The van der Waals surface area contributed by atoms with Crippen LogP contribution in [-0.4, -0.2) is 42.1 Å². The molecule has 0 amide bonds. The number of carbonyl (C=O) groups is 1. The molecule has 44 heavy (non-hydrogen) atoms. The zero-order valence-corrected chi connectivity index (χ0v) is 25.9. The minimum atomic E-state index is -0.374. The number of ether oxygens (including phenoxy) is 1. The Morgan fingerprint density at radius 3 is 2.36 bits per heavy atom. The van der Waals surface area contributed by atoms with Crippen molar-refractivity contribution in [2.45, 2.75) is 25.4 Å². The van der Waals surface area contributed by atoms with Crippen LogP contribution in [0, 0.1) is 0 Å². The van der Waals surface area contributed by atoms with Gasteiger partial charge in [0.2, 0.25) is 0 Å². The Kier molecular flexibility index (Phi) is 7.84. The first kappa shape index (κ1) is 27.9. The van der Waals surface area contributed by atoms with Crippen molar-refractivity contribution in [3.8, 4) is 11.4 Å². The first-order chi connectivity index (χ1) is 21.7. The third-order valence-corrected chi connectivity index (χ3v) is 10.1. The van der Waals surface area contributed by atoms with Crippen LogP contribution in [0.15, 0.2) is 120 Å². The molecule has 0 radical (unpaired) electrons. The summed E-state index contributed by atoms with van der Waals surface area (Å²) in [6.45, 7) is 1.32. The molecule has 4 aromatic carbocycles. The van der Waals surface area contributed by atoms with Gasteiger partial charge in [0.1, 0.15) is 0 Å². The molecule has 0 aliphatic carbocycles. The second-order valence-corrected chi connectivity index (χ2v) is 12.6. The van der Waals surface area contributed by atoms with E-state index in [0.29, 0.717) is 12.1 Å². The van der Waals surface area contributed by atoms with E-state index in [-0.39, 0.29) is 26.4 Å². The first-order valence-electron chi connectivity index (χ1n) is 14.5. The molecule has 0 fully saturated rings. The molecule has 3 heterocycles. The molecule has 0 bridgehead atoms. The van der Waals surface area contributed by atoms with Crippen LogP contribution in [-0.2, 0) is 17.8 Å². The fourth-order valence-corrected chi connectivity index (χ4v) is 7.77. The number of hydrogen-bond acceptors (Lipinski definition) is 6. The average molecular weight is 646 g/mol. The molecule has 0 saturated carbocycles. The number of aryl methyl sites for hydroxylation is 1. The predicted octanol–water partition coefficient (Wildman–Crippen LogP) is 7.52. The van der Waals surface area contributed by atoms with Crippen LogP contribution < -0.4 is 5.32 Å². The number of esters is 1. The number of anilines is 1. The van der Waals surface area contributed by atoms with E-state index >= 15 is 0 Å². The van der Waals surface area contributed by atoms with Crippen molar-refractivity contribution < 1.29 is 13.9 Å². The van der Waals surface area contributed by atoms with Crippen molar-refractivity contribution in [3.63, 3.8) is 0 Å². The molecule has 8 heteroatoms. The molecule has 7 nitrogen and oxygen atoms in total. The average Bonchev–Trinajstić information content (AvgIpc) is 3.83. The molecule has 0 atom stereocenters. The van der Waals surface area contributed by atoms with Gasteiger partial charge in [-0.25, -0.2) is 0 Å². The summed E-state index contributed by atoms with van der Waals surface area (Å²) in [6, 6.07) is 37.1. The summed E-state index contributed by atoms with van der Waals surface area (Å²) in [5.41, 5.74) is 6.81. The van der Waals surface area contributed by atoms with E-state index in [2.05, 4.69) is 82.7 Å². The van der Waals surface area contributed by atoms with Crippen molar-refractivity contribution in [1.82, 2.24) is 14.5 Å². The molecule has 7 rings (SSSR count). The summed E-state index contributed by atoms with van der Waals surface area (Å²) in [5.74, 6) is 1.58. The number of fused-ring (bicyclic) bond motifs is 2. The van der Waals surface area contributed by atoms with Crippen LogP contribution >= 0.6 is 0 Å². The number of benzene rings is 4. The Hall–Kier alpha value is -4.91. The van der Waals surface area contributed by atoms with Gasteiger partial charge in [-0.1, -0.05) is 0 Å². The van der Waals surface area contributed by atoms with Crippen LogP contribution in [0.3, 0.4) is 0 Å². The van der Waals surface area contributed by atoms with Crippen molar-refractivity contribution >= 4 is 46.0 Å². The van der Waals surface area contributed by atoms with Gasteiger partial charge in [0.25, 0.3) is 0 Å². The number of imidazole rings is 1. The van der Waals surface area contributed by atoms with E-state index in [1.807, 2.05) is 36.4 Å². The second kappa shape index (κ2) is 12.4. The summed E-state index contributed by atoms with van der Waals surface area (Å²) >= 11 is -0.0325. The molecule has 0 unspecified atom stereocenters.